The van der Waals surface area contributed by atoms with Gasteiger partial charge in [0.1, 0.15) is 18.4 Å². The largest absolute Gasteiger partial charge is 0.454 e. The van der Waals surface area contributed by atoms with Crippen molar-refractivity contribution < 1.29 is 33.0 Å². The minimum atomic E-state index is -0.961. The fourth-order valence-electron chi connectivity index (χ4n) is 4.75. The molecule has 3 aromatic rings. The fraction of sp³-hybridized carbons (Fsp3) is 0.241. The molecule has 3 amide bonds. The van der Waals surface area contributed by atoms with Crippen molar-refractivity contribution in [3.63, 3.8) is 0 Å². The zero-order valence-corrected chi connectivity index (χ0v) is 21.3. The van der Waals surface area contributed by atoms with Crippen LogP contribution in [0.3, 0.4) is 0 Å². The molecule has 0 bridgehead atoms. The van der Waals surface area contributed by atoms with Gasteiger partial charge in [0.15, 0.2) is 11.5 Å². The standard InChI is InChI=1S/C29H26FN3O6/c1-17(2)26(28(36)31-20-11-12-23-24(13-20)39-16-38-23)33(14-18-7-9-19(30)10-8-18)25(34)15-32-22-6-4-3-5-21(22)27(35)29(32)37/h3-13,17,26H,14-16H2,1-2H3,(H,31,36). The lowest BCUT2D eigenvalue weighted by Gasteiger charge is -2.34. The summed E-state index contributed by atoms with van der Waals surface area (Å²) in [4.78, 5) is 55.2. The fourth-order valence-corrected chi connectivity index (χ4v) is 4.75. The molecule has 2 aliphatic rings. The van der Waals surface area contributed by atoms with E-state index in [-0.39, 0.29) is 24.8 Å². The first-order valence-electron chi connectivity index (χ1n) is 12.4. The molecule has 10 heteroatoms. The van der Waals surface area contributed by atoms with Crippen molar-refractivity contribution in [1.29, 1.82) is 0 Å². The Morgan fingerprint density at radius 3 is 2.46 bits per heavy atom. The monoisotopic (exact) mass is 531 g/mol. The van der Waals surface area contributed by atoms with E-state index in [0.717, 1.165) is 4.90 Å². The number of ketones is 1. The Labute approximate surface area is 224 Å². The first kappa shape index (κ1) is 25.9. The van der Waals surface area contributed by atoms with Gasteiger partial charge in [0, 0.05) is 18.3 Å². The average molecular weight is 532 g/mol. The van der Waals surface area contributed by atoms with Gasteiger partial charge in [-0.05, 0) is 47.9 Å². The smallest absolute Gasteiger partial charge is 0.299 e. The molecule has 1 atom stereocenters. The summed E-state index contributed by atoms with van der Waals surface area (Å²) >= 11 is 0. The summed E-state index contributed by atoms with van der Waals surface area (Å²) in [6, 6.07) is 16.1. The molecule has 0 aromatic heterocycles. The van der Waals surface area contributed by atoms with E-state index in [1.54, 1.807) is 50.2 Å². The lowest BCUT2D eigenvalue weighted by atomic mass is 10.00. The third kappa shape index (κ3) is 5.18. The number of nitrogens with zero attached hydrogens (tertiary/aromatic N) is 2. The first-order chi connectivity index (χ1) is 18.7. The molecule has 1 unspecified atom stereocenters. The summed E-state index contributed by atoms with van der Waals surface area (Å²) in [7, 11) is 0. The summed E-state index contributed by atoms with van der Waals surface area (Å²) in [5.41, 5.74) is 1.61. The number of halogens is 1. The summed E-state index contributed by atoms with van der Waals surface area (Å²) in [6.45, 7) is 3.23. The van der Waals surface area contributed by atoms with Gasteiger partial charge in [-0.15, -0.1) is 0 Å². The number of Topliss-reactive ketones (excluding diaryl/α,β-unsaturated/α-hetero) is 1. The average Bonchev–Trinajstić information content (AvgIpc) is 3.47. The van der Waals surface area contributed by atoms with Crippen molar-refractivity contribution in [1.82, 2.24) is 4.90 Å². The summed E-state index contributed by atoms with van der Waals surface area (Å²) < 4.78 is 24.3. The van der Waals surface area contributed by atoms with E-state index in [1.165, 1.54) is 35.2 Å². The zero-order chi connectivity index (χ0) is 27.7. The molecule has 2 heterocycles. The minimum absolute atomic E-state index is 0.0197. The van der Waals surface area contributed by atoms with Crippen LogP contribution in [0.2, 0.25) is 0 Å². The Bertz CT molecular complexity index is 1460. The topological polar surface area (TPSA) is 105 Å². The number of carbonyl (C=O) groups is 4. The van der Waals surface area contributed by atoms with Crippen LogP contribution in [-0.4, -0.2) is 47.8 Å². The summed E-state index contributed by atoms with van der Waals surface area (Å²) in [5, 5.41) is 2.85. The second kappa shape index (κ2) is 10.6. The van der Waals surface area contributed by atoms with Crippen molar-refractivity contribution >= 4 is 34.9 Å². The highest BCUT2D eigenvalue weighted by Crippen LogP contribution is 2.34. The quantitative estimate of drug-likeness (QED) is 0.444. The number of hydrogen-bond acceptors (Lipinski definition) is 6. The minimum Gasteiger partial charge on any atom is -0.454 e. The SMILES string of the molecule is CC(C)C(C(=O)Nc1ccc2c(c1)OCO2)N(Cc1ccc(F)cc1)C(=O)CN1C(=O)C(=O)c2ccccc21. The number of rotatable bonds is 8. The van der Waals surface area contributed by atoms with E-state index < -0.39 is 41.9 Å². The highest BCUT2D eigenvalue weighted by Gasteiger charge is 2.39. The summed E-state index contributed by atoms with van der Waals surface area (Å²) in [5.74, 6) is -2.22. The van der Waals surface area contributed by atoms with Crippen LogP contribution in [0.1, 0.15) is 29.8 Å². The predicted molar refractivity (Wildman–Crippen MR) is 140 cm³/mol. The van der Waals surface area contributed by atoms with E-state index in [2.05, 4.69) is 5.32 Å². The van der Waals surface area contributed by atoms with Crippen LogP contribution in [0.15, 0.2) is 66.7 Å². The molecule has 3 aromatic carbocycles. The molecule has 0 fully saturated rings. The number of benzene rings is 3. The van der Waals surface area contributed by atoms with Gasteiger partial charge in [0.2, 0.25) is 18.6 Å². The number of para-hydroxylation sites is 1. The van der Waals surface area contributed by atoms with Crippen LogP contribution < -0.4 is 19.7 Å². The number of fused-ring (bicyclic) bond motifs is 2. The molecule has 0 spiro atoms. The maximum atomic E-state index is 13.8. The van der Waals surface area contributed by atoms with Crippen molar-refractivity contribution in [2.45, 2.75) is 26.4 Å². The molecular formula is C29H26FN3O6. The van der Waals surface area contributed by atoms with E-state index in [9.17, 15) is 23.6 Å². The van der Waals surface area contributed by atoms with Gasteiger partial charge in [-0.3, -0.25) is 24.1 Å². The van der Waals surface area contributed by atoms with Crippen molar-refractivity contribution in [3.05, 3.63) is 83.7 Å². The molecule has 0 aliphatic carbocycles. The molecular weight excluding hydrogens is 505 g/mol. The number of nitrogens with one attached hydrogen (secondary N) is 1. The van der Waals surface area contributed by atoms with Gasteiger partial charge in [0.25, 0.3) is 11.7 Å². The van der Waals surface area contributed by atoms with Crippen LogP contribution >= 0.6 is 0 Å². The van der Waals surface area contributed by atoms with Crippen LogP contribution in [0, 0.1) is 11.7 Å². The van der Waals surface area contributed by atoms with Gasteiger partial charge in [-0.25, -0.2) is 4.39 Å². The van der Waals surface area contributed by atoms with Gasteiger partial charge < -0.3 is 19.7 Å². The molecule has 9 nitrogen and oxygen atoms in total. The van der Waals surface area contributed by atoms with Crippen LogP contribution in [0.5, 0.6) is 11.5 Å². The normalized spacial score (nSPS) is 14.4. The van der Waals surface area contributed by atoms with E-state index in [4.69, 9.17) is 9.47 Å². The van der Waals surface area contributed by atoms with Crippen molar-refractivity contribution in [3.8, 4) is 11.5 Å². The molecule has 39 heavy (non-hydrogen) atoms. The van der Waals surface area contributed by atoms with Crippen molar-refractivity contribution in [2.75, 3.05) is 23.6 Å². The Morgan fingerprint density at radius 1 is 1.00 bits per heavy atom. The van der Waals surface area contributed by atoms with Crippen LogP contribution in [0.25, 0.3) is 0 Å². The highest BCUT2D eigenvalue weighted by molar-refractivity contribution is 6.52. The Hall–Kier alpha value is -4.73. The molecule has 1 N–H and O–H groups in total. The molecule has 0 saturated carbocycles. The third-order valence-electron chi connectivity index (χ3n) is 6.63. The van der Waals surface area contributed by atoms with Gasteiger partial charge in [-0.2, -0.15) is 0 Å². The molecule has 0 radical (unpaired) electrons. The van der Waals surface area contributed by atoms with Crippen molar-refractivity contribution in [2.24, 2.45) is 5.92 Å². The predicted octanol–water partition coefficient (Wildman–Crippen LogP) is 3.78. The Morgan fingerprint density at radius 2 is 1.72 bits per heavy atom. The first-order valence-corrected chi connectivity index (χ1v) is 12.4. The number of amides is 3. The molecule has 5 rings (SSSR count). The lowest BCUT2D eigenvalue weighted by molar-refractivity contribution is -0.140. The molecule has 200 valence electrons. The molecule has 2 aliphatic heterocycles. The number of hydrogen-bond donors (Lipinski definition) is 1. The van der Waals surface area contributed by atoms with E-state index >= 15 is 0 Å². The van der Waals surface area contributed by atoms with Gasteiger partial charge >= 0.3 is 0 Å². The maximum Gasteiger partial charge on any atom is 0.299 e. The second-order valence-corrected chi connectivity index (χ2v) is 9.63. The zero-order valence-electron chi connectivity index (χ0n) is 21.3. The van der Waals surface area contributed by atoms with Gasteiger partial charge in [0.05, 0.1) is 11.3 Å². The highest BCUT2D eigenvalue weighted by atomic mass is 19.1. The Kier molecular flexibility index (Phi) is 7.02. The van der Waals surface area contributed by atoms with E-state index in [0.29, 0.717) is 28.4 Å². The van der Waals surface area contributed by atoms with Crippen LogP contribution in [-0.2, 0) is 20.9 Å². The van der Waals surface area contributed by atoms with Gasteiger partial charge in [-0.1, -0.05) is 38.1 Å². The second-order valence-electron chi connectivity index (χ2n) is 9.63. The molecule has 0 saturated heterocycles. The maximum absolute atomic E-state index is 13.8. The number of ether oxygens (including phenoxy) is 2. The van der Waals surface area contributed by atoms with E-state index in [1.807, 2.05) is 0 Å². The lowest BCUT2D eigenvalue weighted by Crippen LogP contribution is -2.53. The number of anilines is 2. The van der Waals surface area contributed by atoms with Crippen LogP contribution in [0.4, 0.5) is 15.8 Å². The third-order valence-corrected chi connectivity index (χ3v) is 6.63. The Balaban J connectivity index is 1.44. The summed E-state index contributed by atoms with van der Waals surface area (Å²) in [6.07, 6.45) is 0. The number of carbonyl (C=O) groups excluding carboxylic acids is 4.